The van der Waals surface area contributed by atoms with Gasteiger partial charge in [0.15, 0.2) is 5.76 Å². The Morgan fingerprint density at radius 2 is 2.09 bits per heavy atom. The molecule has 3 aliphatic rings. The fraction of sp³-hybridized carbons (Fsp3) is 0.389. The molecule has 4 rings (SSSR count). The first-order valence-electron chi connectivity index (χ1n) is 7.86. The molecule has 0 aromatic heterocycles. The van der Waals surface area contributed by atoms with Gasteiger partial charge in [0, 0.05) is 16.6 Å². The monoisotopic (exact) mass is 375 g/mol. The van der Waals surface area contributed by atoms with Crippen LogP contribution in [0.15, 0.2) is 45.8 Å². The van der Waals surface area contributed by atoms with E-state index in [0.29, 0.717) is 6.79 Å². The van der Waals surface area contributed by atoms with Crippen molar-refractivity contribution >= 4 is 27.5 Å². The Balaban J connectivity index is 1.55. The first-order chi connectivity index (χ1) is 11.1. The van der Waals surface area contributed by atoms with E-state index in [1.54, 1.807) is 0 Å². The molecule has 0 saturated heterocycles. The van der Waals surface area contributed by atoms with E-state index in [2.05, 4.69) is 21.2 Å². The molecule has 1 saturated carbocycles. The molecule has 120 valence electrons. The second-order valence-corrected chi connectivity index (χ2v) is 7.22. The topological polar surface area (TPSA) is 47.6 Å². The Hall–Kier alpha value is -1.75. The van der Waals surface area contributed by atoms with Gasteiger partial charge in [-0.05, 0) is 50.0 Å². The maximum absolute atomic E-state index is 12.8. The maximum atomic E-state index is 12.8. The van der Waals surface area contributed by atoms with Crippen molar-refractivity contribution in [3.8, 4) is 0 Å². The molecular formula is C18H18BrNO3. The van der Waals surface area contributed by atoms with E-state index in [4.69, 9.17) is 9.47 Å². The molecule has 1 aromatic rings. The third kappa shape index (κ3) is 2.57. The summed E-state index contributed by atoms with van der Waals surface area (Å²) in [6.45, 7) is 2.32. The zero-order valence-electron chi connectivity index (χ0n) is 12.9. The summed E-state index contributed by atoms with van der Waals surface area (Å²) >= 11 is 3.51. The Bertz CT molecular complexity index is 747. The summed E-state index contributed by atoms with van der Waals surface area (Å²) in [5.74, 6) is 1.82. The highest BCUT2D eigenvalue weighted by atomic mass is 79.9. The fourth-order valence-electron chi connectivity index (χ4n) is 3.23. The average Bonchev–Trinajstić information content (AvgIpc) is 3.22. The Morgan fingerprint density at radius 3 is 2.83 bits per heavy atom. The molecule has 1 amide bonds. The SMILES string of the molecule is Cc1ccc(NC(=O)C2(C3=CC4=C(CC3)OCO4)CC2)cc1Br. The van der Waals surface area contributed by atoms with Gasteiger partial charge in [0.05, 0.1) is 5.41 Å². The molecule has 5 heteroatoms. The van der Waals surface area contributed by atoms with Crippen molar-refractivity contribution < 1.29 is 14.3 Å². The second-order valence-electron chi connectivity index (χ2n) is 6.36. The molecular weight excluding hydrogens is 358 g/mol. The molecule has 23 heavy (non-hydrogen) atoms. The molecule has 1 aromatic carbocycles. The largest absolute Gasteiger partial charge is 0.458 e. The van der Waals surface area contributed by atoms with E-state index in [0.717, 1.165) is 52.9 Å². The predicted molar refractivity (Wildman–Crippen MR) is 90.6 cm³/mol. The van der Waals surface area contributed by atoms with Crippen molar-refractivity contribution in [1.82, 2.24) is 0 Å². The normalized spacial score (nSPS) is 21.0. The number of hydrogen-bond acceptors (Lipinski definition) is 3. The number of rotatable bonds is 3. The minimum absolute atomic E-state index is 0.0856. The average molecular weight is 376 g/mol. The fourth-order valence-corrected chi connectivity index (χ4v) is 3.61. The van der Waals surface area contributed by atoms with Gasteiger partial charge in [0.2, 0.25) is 12.7 Å². The van der Waals surface area contributed by atoms with E-state index in [1.807, 2.05) is 31.2 Å². The van der Waals surface area contributed by atoms with Gasteiger partial charge in [-0.1, -0.05) is 27.6 Å². The molecule has 0 unspecified atom stereocenters. The summed E-state index contributed by atoms with van der Waals surface area (Å²) in [6, 6.07) is 5.89. The van der Waals surface area contributed by atoms with Gasteiger partial charge in [0.25, 0.3) is 0 Å². The lowest BCUT2D eigenvalue weighted by Crippen LogP contribution is -2.27. The number of ether oxygens (including phenoxy) is 2. The Kier molecular flexibility index (Phi) is 3.48. The number of carbonyl (C=O) groups is 1. The summed E-state index contributed by atoms with van der Waals surface area (Å²) in [7, 11) is 0. The number of hydrogen-bond donors (Lipinski definition) is 1. The summed E-state index contributed by atoms with van der Waals surface area (Å²) in [4.78, 5) is 12.8. The van der Waals surface area contributed by atoms with Crippen LogP contribution in [0.1, 0.15) is 31.2 Å². The molecule has 4 nitrogen and oxygen atoms in total. The number of amides is 1. The van der Waals surface area contributed by atoms with Crippen molar-refractivity contribution in [1.29, 1.82) is 0 Å². The number of carbonyl (C=O) groups excluding carboxylic acids is 1. The van der Waals surface area contributed by atoms with Gasteiger partial charge in [0.1, 0.15) is 5.76 Å². The third-order valence-electron chi connectivity index (χ3n) is 4.88. The van der Waals surface area contributed by atoms with E-state index < -0.39 is 0 Å². The molecule has 0 spiro atoms. The third-order valence-corrected chi connectivity index (χ3v) is 5.73. The molecule has 1 aliphatic heterocycles. The number of halogens is 1. The zero-order valence-corrected chi connectivity index (χ0v) is 14.5. The van der Waals surface area contributed by atoms with E-state index >= 15 is 0 Å². The van der Waals surface area contributed by atoms with Crippen LogP contribution in [0.25, 0.3) is 0 Å². The van der Waals surface area contributed by atoms with Crippen LogP contribution in [0.5, 0.6) is 0 Å². The summed E-state index contributed by atoms with van der Waals surface area (Å²) in [5.41, 5.74) is 2.79. The molecule has 0 atom stereocenters. The standard InChI is InChI=1S/C18H18BrNO3/c1-11-2-4-13(9-14(11)19)20-17(21)18(6-7-18)12-3-5-15-16(8-12)23-10-22-15/h2,4,8-9H,3,5-7,10H2,1H3,(H,20,21). The number of allylic oxidation sites excluding steroid dienone is 2. The van der Waals surface area contributed by atoms with E-state index in [1.165, 1.54) is 5.57 Å². The minimum Gasteiger partial charge on any atom is -0.458 e. The van der Waals surface area contributed by atoms with Gasteiger partial charge in [-0.25, -0.2) is 0 Å². The highest BCUT2D eigenvalue weighted by Gasteiger charge is 2.53. The van der Waals surface area contributed by atoms with Crippen LogP contribution in [0.3, 0.4) is 0 Å². The Morgan fingerprint density at radius 1 is 1.26 bits per heavy atom. The second kappa shape index (κ2) is 5.41. The highest BCUT2D eigenvalue weighted by molar-refractivity contribution is 9.10. The van der Waals surface area contributed by atoms with Gasteiger partial charge in [-0.15, -0.1) is 0 Å². The zero-order chi connectivity index (χ0) is 16.0. The molecule has 0 bridgehead atoms. The molecule has 1 heterocycles. The van der Waals surface area contributed by atoms with Crippen LogP contribution in [0.4, 0.5) is 5.69 Å². The van der Waals surface area contributed by atoms with Gasteiger partial charge >= 0.3 is 0 Å². The van der Waals surface area contributed by atoms with Crippen molar-refractivity contribution in [2.24, 2.45) is 5.41 Å². The first kappa shape index (κ1) is 14.8. The van der Waals surface area contributed by atoms with Gasteiger partial charge in [-0.2, -0.15) is 0 Å². The quantitative estimate of drug-likeness (QED) is 0.850. The van der Waals surface area contributed by atoms with Crippen LogP contribution in [-0.4, -0.2) is 12.7 Å². The molecule has 2 aliphatic carbocycles. The summed E-state index contributed by atoms with van der Waals surface area (Å²) in [6.07, 6.45) is 5.52. The van der Waals surface area contributed by atoms with Crippen LogP contribution >= 0.6 is 15.9 Å². The lowest BCUT2D eigenvalue weighted by Gasteiger charge is -2.22. The number of nitrogens with one attached hydrogen (secondary N) is 1. The van der Waals surface area contributed by atoms with Gasteiger partial charge < -0.3 is 14.8 Å². The molecule has 0 radical (unpaired) electrons. The summed E-state index contributed by atoms with van der Waals surface area (Å²) < 4.78 is 11.9. The first-order valence-corrected chi connectivity index (χ1v) is 8.65. The lowest BCUT2D eigenvalue weighted by molar-refractivity contribution is -0.120. The van der Waals surface area contributed by atoms with E-state index in [9.17, 15) is 4.79 Å². The maximum Gasteiger partial charge on any atom is 0.234 e. The smallest absolute Gasteiger partial charge is 0.234 e. The van der Waals surface area contributed by atoms with Gasteiger partial charge in [-0.3, -0.25) is 4.79 Å². The summed E-state index contributed by atoms with van der Waals surface area (Å²) in [5, 5.41) is 3.07. The van der Waals surface area contributed by atoms with Crippen LogP contribution in [0, 0.1) is 12.3 Å². The van der Waals surface area contributed by atoms with Crippen molar-refractivity contribution in [2.75, 3.05) is 12.1 Å². The lowest BCUT2D eigenvalue weighted by atomic mass is 9.87. The van der Waals surface area contributed by atoms with Crippen molar-refractivity contribution in [3.63, 3.8) is 0 Å². The minimum atomic E-state index is -0.359. The molecule has 1 N–H and O–H groups in total. The Labute approximate surface area is 143 Å². The van der Waals surface area contributed by atoms with Crippen LogP contribution in [-0.2, 0) is 14.3 Å². The van der Waals surface area contributed by atoms with Crippen LogP contribution in [0.2, 0.25) is 0 Å². The number of anilines is 1. The van der Waals surface area contributed by atoms with Crippen LogP contribution < -0.4 is 5.32 Å². The predicted octanol–water partition coefficient (Wildman–Crippen LogP) is 4.41. The number of aryl methyl sites for hydroxylation is 1. The molecule has 1 fully saturated rings. The van der Waals surface area contributed by atoms with E-state index in [-0.39, 0.29) is 11.3 Å². The van der Waals surface area contributed by atoms with Crippen molar-refractivity contribution in [2.45, 2.75) is 32.6 Å². The number of benzene rings is 1. The highest BCUT2D eigenvalue weighted by Crippen LogP contribution is 2.55. The van der Waals surface area contributed by atoms with Crippen molar-refractivity contribution in [3.05, 3.63) is 51.4 Å².